The Morgan fingerprint density at radius 1 is 1.27 bits per heavy atom. The molecule has 3 rings (SSSR count). The number of benzene rings is 1. The van der Waals surface area contributed by atoms with Crippen molar-refractivity contribution in [3.05, 3.63) is 41.7 Å². The molecule has 1 aliphatic rings. The summed E-state index contributed by atoms with van der Waals surface area (Å²) in [6.07, 6.45) is 1.65. The van der Waals surface area contributed by atoms with Crippen LogP contribution in [-0.2, 0) is 22.6 Å². The van der Waals surface area contributed by atoms with E-state index in [9.17, 15) is 13.6 Å². The van der Waals surface area contributed by atoms with Gasteiger partial charge in [0.2, 0.25) is 0 Å². The number of anilines is 1. The Morgan fingerprint density at radius 3 is 2.67 bits per heavy atom. The molecule has 1 aromatic heterocycles. The van der Waals surface area contributed by atoms with Crippen LogP contribution in [-0.4, -0.2) is 72.2 Å². The van der Waals surface area contributed by atoms with Gasteiger partial charge in [-0.2, -0.15) is 0 Å². The number of halogens is 3. The Labute approximate surface area is 190 Å². The predicted octanol–water partition coefficient (Wildman–Crippen LogP) is 1.24. The van der Waals surface area contributed by atoms with Crippen LogP contribution in [0.25, 0.3) is 0 Å². The maximum Gasteiger partial charge on any atom is 0.327 e. The molecule has 1 aromatic carbocycles. The second-order valence-corrected chi connectivity index (χ2v) is 6.45. The van der Waals surface area contributed by atoms with Crippen LogP contribution in [0.2, 0.25) is 0 Å². The lowest BCUT2D eigenvalue weighted by Gasteiger charge is -2.37. The second kappa shape index (κ2) is 11.0. The summed E-state index contributed by atoms with van der Waals surface area (Å²) in [7, 11) is 2.99. The molecule has 1 fully saturated rings. The predicted molar refractivity (Wildman–Crippen MR) is 118 cm³/mol. The van der Waals surface area contributed by atoms with Crippen LogP contribution < -0.4 is 10.2 Å². The third kappa shape index (κ3) is 6.00. The monoisotopic (exact) mass is 535 g/mol. The molecule has 1 saturated heterocycles. The molecule has 0 spiro atoms. The number of nitrogens with one attached hydrogen (secondary N) is 1. The van der Waals surface area contributed by atoms with Crippen LogP contribution >= 0.6 is 24.0 Å². The number of aliphatic imine (C=N–C) groups is 1. The number of carbonyl (C=O) groups is 1. The summed E-state index contributed by atoms with van der Waals surface area (Å²) in [6.45, 7) is 2.66. The zero-order valence-corrected chi connectivity index (χ0v) is 19.0. The van der Waals surface area contributed by atoms with Gasteiger partial charge < -0.3 is 19.9 Å². The summed E-state index contributed by atoms with van der Waals surface area (Å²) in [6, 6.07) is 3.48. The first-order chi connectivity index (χ1) is 14.0. The fourth-order valence-electron chi connectivity index (χ4n) is 3.08. The van der Waals surface area contributed by atoms with E-state index in [1.165, 1.54) is 17.9 Å². The zero-order chi connectivity index (χ0) is 20.8. The van der Waals surface area contributed by atoms with Gasteiger partial charge in [-0.15, -0.1) is 29.1 Å². The third-order valence-electron chi connectivity index (χ3n) is 4.57. The van der Waals surface area contributed by atoms with E-state index in [0.29, 0.717) is 44.4 Å². The number of ether oxygens (including phenoxy) is 1. The highest BCUT2D eigenvalue weighted by Crippen LogP contribution is 2.21. The van der Waals surface area contributed by atoms with Crippen molar-refractivity contribution in [3.63, 3.8) is 0 Å². The molecule has 0 bridgehead atoms. The summed E-state index contributed by atoms with van der Waals surface area (Å²) >= 11 is 0. The largest absolute Gasteiger partial charge is 0.468 e. The van der Waals surface area contributed by atoms with E-state index >= 15 is 0 Å². The van der Waals surface area contributed by atoms with E-state index in [1.807, 2.05) is 9.80 Å². The first kappa shape index (κ1) is 23.8. The lowest BCUT2D eigenvalue weighted by atomic mass is 10.2. The fraction of sp³-hybridized carbons (Fsp3) is 0.444. The minimum absolute atomic E-state index is 0. The topological polar surface area (TPSA) is 87.9 Å². The van der Waals surface area contributed by atoms with Gasteiger partial charge >= 0.3 is 5.97 Å². The summed E-state index contributed by atoms with van der Waals surface area (Å²) in [4.78, 5) is 19.4. The van der Waals surface area contributed by atoms with E-state index in [0.717, 1.165) is 12.1 Å². The maximum absolute atomic E-state index is 14.0. The first-order valence-corrected chi connectivity index (χ1v) is 9.11. The molecular weight excluding hydrogens is 511 g/mol. The summed E-state index contributed by atoms with van der Waals surface area (Å²) < 4.78 is 33.4. The highest BCUT2D eigenvalue weighted by molar-refractivity contribution is 14.0. The Bertz CT molecular complexity index is 885. The van der Waals surface area contributed by atoms with Gasteiger partial charge in [0.25, 0.3) is 0 Å². The van der Waals surface area contributed by atoms with Crippen molar-refractivity contribution in [2.24, 2.45) is 4.99 Å². The van der Waals surface area contributed by atoms with Crippen molar-refractivity contribution < 1.29 is 18.3 Å². The average Bonchev–Trinajstić information content (AvgIpc) is 3.18. The molecule has 1 N–H and O–H groups in total. The van der Waals surface area contributed by atoms with Gasteiger partial charge in [-0.05, 0) is 12.1 Å². The molecule has 12 heteroatoms. The molecule has 0 radical (unpaired) electrons. The molecule has 9 nitrogen and oxygen atoms in total. The number of rotatable bonds is 5. The molecule has 0 saturated carbocycles. The van der Waals surface area contributed by atoms with Gasteiger partial charge in [-0.3, -0.25) is 9.79 Å². The van der Waals surface area contributed by atoms with Crippen LogP contribution in [0.4, 0.5) is 14.5 Å². The van der Waals surface area contributed by atoms with Crippen molar-refractivity contribution in [1.82, 2.24) is 25.2 Å². The van der Waals surface area contributed by atoms with Gasteiger partial charge in [-0.25, -0.2) is 13.5 Å². The smallest absolute Gasteiger partial charge is 0.327 e. The molecule has 0 aliphatic carbocycles. The Morgan fingerprint density at radius 2 is 2.00 bits per heavy atom. The van der Waals surface area contributed by atoms with E-state index in [-0.39, 0.29) is 36.2 Å². The number of hydrogen-bond acceptors (Lipinski definition) is 6. The van der Waals surface area contributed by atoms with Gasteiger partial charge in [0.15, 0.2) is 5.96 Å². The number of guanidine groups is 1. The summed E-state index contributed by atoms with van der Waals surface area (Å²) in [5, 5.41) is 11.1. The second-order valence-electron chi connectivity index (χ2n) is 6.45. The standard InChI is InChI=1S/C18H23F2N7O2.HI/c1-21-18(22-10-14-11-27(24-23-14)12-17(28)29-2)26-7-5-25(6-8-26)16-9-13(19)3-4-15(16)20;/h3-4,9,11H,5-8,10,12H2,1-2H3,(H,21,22);1H. The third-order valence-corrected chi connectivity index (χ3v) is 4.57. The molecule has 30 heavy (non-hydrogen) atoms. The van der Waals surface area contributed by atoms with Gasteiger partial charge in [0.05, 0.1) is 25.5 Å². The first-order valence-electron chi connectivity index (χ1n) is 9.11. The number of aromatic nitrogens is 3. The molecule has 164 valence electrons. The lowest BCUT2D eigenvalue weighted by Crippen LogP contribution is -2.52. The van der Waals surface area contributed by atoms with Crippen molar-refractivity contribution in [3.8, 4) is 0 Å². The molecule has 2 heterocycles. The van der Waals surface area contributed by atoms with Crippen LogP contribution in [0.15, 0.2) is 29.4 Å². The summed E-state index contributed by atoms with van der Waals surface area (Å²) in [5.74, 6) is -0.622. The Kier molecular flexibility index (Phi) is 8.74. The molecule has 0 unspecified atom stereocenters. The highest BCUT2D eigenvalue weighted by atomic mass is 127. The SMILES string of the molecule is CN=C(NCc1cn(CC(=O)OC)nn1)N1CCN(c2cc(F)ccc2F)CC1.I. The van der Waals surface area contributed by atoms with Crippen molar-refractivity contribution in [2.45, 2.75) is 13.1 Å². The summed E-state index contributed by atoms with van der Waals surface area (Å²) in [5.41, 5.74) is 0.922. The number of methoxy groups -OCH3 is 1. The average molecular weight is 535 g/mol. The maximum atomic E-state index is 14.0. The zero-order valence-electron chi connectivity index (χ0n) is 16.7. The van der Waals surface area contributed by atoms with Crippen LogP contribution in [0, 0.1) is 11.6 Å². The minimum atomic E-state index is -0.457. The number of hydrogen-bond donors (Lipinski definition) is 1. The van der Waals surface area contributed by atoms with E-state index in [2.05, 4.69) is 25.4 Å². The number of esters is 1. The van der Waals surface area contributed by atoms with Gasteiger partial charge in [-0.1, -0.05) is 5.21 Å². The van der Waals surface area contributed by atoms with Crippen LogP contribution in [0.1, 0.15) is 5.69 Å². The van der Waals surface area contributed by atoms with Gasteiger partial charge in [0, 0.05) is 39.3 Å². The fourth-order valence-corrected chi connectivity index (χ4v) is 3.08. The normalized spacial score (nSPS) is 14.3. The van der Waals surface area contributed by atoms with E-state index in [4.69, 9.17) is 0 Å². The quantitative estimate of drug-likeness (QED) is 0.267. The van der Waals surface area contributed by atoms with Crippen molar-refractivity contribution >= 4 is 41.6 Å². The van der Waals surface area contributed by atoms with Gasteiger partial charge in [0.1, 0.15) is 23.9 Å². The molecule has 2 aromatic rings. The van der Waals surface area contributed by atoms with E-state index < -0.39 is 17.6 Å². The van der Waals surface area contributed by atoms with E-state index in [1.54, 1.807) is 13.2 Å². The highest BCUT2D eigenvalue weighted by Gasteiger charge is 2.22. The molecular formula is C18H24F2IN7O2. The number of piperazine rings is 1. The lowest BCUT2D eigenvalue weighted by molar-refractivity contribution is -0.141. The van der Waals surface area contributed by atoms with Crippen molar-refractivity contribution in [1.29, 1.82) is 0 Å². The number of carbonyl (C=O) groups excluding carboxylic acids is 1. The molecule has 0 atom stereocenters. The van der Waals surface area contributed by atoms with Crippen LogP contribution in [0.3, 0.4) is 0 Å². The molecule has 1 aliphatic heterocycles. The Balaban J connectivity index is 0.00000320. The Hall–Kier alpha value is -2.51. The minimum Gasteiger partial charge on any atom is -0.468 e. The van der Waals surface area contributed by atoms with Crippen LogP contribution in [0.5, 0.6) is 0 Å². The molecule has 0 amide bonds. The number of nitrogens with zero attached hydrogens (tertiary/aromatic N) is 6. The van der Waals surface area contributed by atoms with Crippen molar-refractivity contribution in [2.75, 3.05) is 45.2 Å².